The van der Waals surface area contributed by atoms with Crippen molar-refractivity contribution in [3.8, 4) is 28.7 Å². The van der Waals surface area contributed by atoms with Gasteiger partial charge in [0, 0.05) is 24.9 Å². The van der Waals surface area contributed by atoms with Crippen LogP contribution < -0.4 is 45.9 Å². The summed E-state index contributed by atoms with van der Waals surface area (Å²) in [5.74, 6) is -0.382. The molecule has 1 aliphatic carbocycles. The summed E-state index contributed by atoms with van der Waals surface area (Å²) >= 11 is 0. The van der Waals surface area contributed by atoms with Crippen molar-refractivity contribution in [2.45, 2.75) is 31.2 Å². The third-order valence-corrected chi connectivity index (χ3v) is 8.44. The van der Waals surface area contributed by atoms with E-state index in [-0.39, 0.29) is 48.6 Å². The highest BCUT2D eigenvalue weighted by Gasteiger charge is 2.53. The molecule has 13 nitrogen and oxygen atoms in total. The summed E-state index contributed by atoms with van der Waals surface area (Å²) in [5, 5.41) is 23.3. The van der Waals surface area contributed by atoms with Crippen LogP contribution in [0.2, 0.25) is 0 Å². The number of hydrogen-bond acceptors (Lipinski definition) is 11. The Kier molecular flexibility index (Phi) is 10.5. The Labute approximate surface area is 257 Å². The van der Waals surface area contributed by atoms with Crippen LogP contribution in [0.1, 0.15) is 47.9 Å². The minimum absolute atomic E-state index is 0.0784. The van der Waals surface area contributed by atoms with Crippen LogP contribution in [0.4, 0.5) is 4.79 Å². The van der Waals surface area contributed by atoms with Gasteiger partial charge in [-0.05, 0) is 86.4 Å². The number of carbonyl (C=O) groups excluding carboxylic acids is 2. The van der Waals surface area contributed by atoms with E-state index in [1.807, 2.05) is 12.1 Å². The summed E-state index contributed by atoms with van der Waals surface area (Å²) < 4.78 is 27.8. The van der Waals surface area contributed by atoms with Crippen molar-refractivity contribution in [3.63, 3.8) is 0 Å². The molecule has 2 heterocycles. The lowest BCUT2D eigenvalue weighted by molar-refractivity contribution is -0.141. The number of unbranched alkanes of at least 4 members (excludes halogenated alkanes) is 1. The topological polar surface area (TPSA) is 175 Å². The molecule has 4 unspecified atom stereocenters. The van der Waals surface area contributed by atoms with Gasteiger partial charge in [-0.15, -0.1) is 0 Å². The number of aromatic hydroxyl groups is 1. The number of carbonyl (C=O) groups is 2. The van der Waals surface area contributed by atoms with Crippen LogP contribution in [-0.2, 0) is 9.53 Å². The van der Waals surface area contributed by atoms with E-state index < -0.39 is 17.9 Å². The van der Waals surface area contributed by atoms with Crippen LogP contribution in [0.5, 0.6) is 28.7 Å². The highest BCUT2D eigenvalue weighted by Crippen LogP contribution is 2.55. The first-order valence-electron chi connectivity index (χ1n) is 15.2. The van der Waals surface area contributed by atoms with Gasteiger partial charge in [0.2, 0.25) is 12.5 Å². The first-order valence-corrected chi connectivity index (χ1v) is 15.2. The second-order valence-corrected chi connectivity index (χ2v) is 11.1. The number of benzene rings is 2. The molecule has 0 radical (unpaired) electrons. The van der Waals surface area contributed by atoms with Crippen LogP contribution in [0.15, 0.2) is 24.3 Å². The second kappa shape index (κ2) is 14.7. The maximum Gasteiger partial charge on any atom is 0.315 e. The Hall–Kier alpha value is -3.94. The molecule has 1 saturated heterocycles. The zero-order chi connectivity index (χ0) is 31.1. The van der Waals surface area contributed by atoms with Crippen molar-refractivity contribution in [1.82, 2.24) is 21.3 Å². The average Bonchev–Trinajstić information content (AvgIpc) is 3.65. The monoisotopic (exact) mass is 613 g/mol. The van der Waals surface area contributed by atoms with Crippen molar-refractivity contribution < 1.29 is 38.4 Å². The summed E-state index contributed by atoms with van der Waals surface area (Å²) in [6, 6.07) is 6.27. The standard InChI is InChI=1S/C31H43N5O8/c1-40-24-12-18(13-25(41-2)29(24)37)26-19-14-22-23(44-17-43-22)15-20(19)28(21-16-42-30(38)27(21)26)36-31(39)35-11-10-34-8-4-3-7-33-9-5-6-32/h12-15,21,26-28,33-34,37H,3-11,16-17,32H2,1-2H3,(H2,35,36,39). The fourth-order valence-electron chi connectivity index (χ4n) is 6.27. The number of hydrogen-bond donors (Lipinski definition) is 6. The SMILES string of the molecule is COc1cc(C2c3cc4c(cc3C(NC(=O)NCCNCCCCNCCCN)C3COC(=O)C23)OCO4)cc(OC)c1O. The molecule has 3 aliphatic rings. The van der Waals surface area contributed by atoms with Crippen molar-refractivity contribution >= 4 is 12.0 Å². The summed E-state index contributed by atoms with van der Waals surface area (Å²) in [5.41, 5.74) is 7.79. The quantitative estimate of drug-likeness (QED) is 0.127. The molecule has 0 aromatic heterocycles. The fraction of sp³-hybridized carbons (Fsp3) is 0.548. The second-order valence-electron chi connectivity index (χ2n) is 11.1. The third kappa shape index (κ3) is 6.74. The van der Waals surface area contributed by atoms with Gasteiger partial charge in [-0.25, -0.2) is 4.79 Å². The molecule has 4 atom stereocenters. The predicted octanol–water partition coefficient (Wildman–Crippen LogP) is 1.72. The van der Waals surface area contributed by atoms with E-state index in [0.29, 0.717) is 36.7 Å². The van der Waals surface area contributed by atoms with Crippen molar-refractivity contribution in [2.24, 2.45) is 17.6 Å². The van der Waals surface area contributed by atoms with Crippen molar-refractivity contribution in [3.05, 3.63) is 41.0 Å². The Morgan fingerprint density at radius 2 is 1.55 bits per heavy atom. The number of nitrogens with one attached hydrogen (secondary N) is 4. The normalized spacial score (nSPS) is 21.3. The highest BCUT2D eigenvalue weighted by atomic mass is 16.7. The van der Waals surface area contributed by atoms with Crippen LogP contribution in [-0.4, -0.2) is 84.0 Å². The molecule has 0 bridgehead atoms. The Bertz CT molecular complexity index is 1300. The number of fused-ring (bicyclic) bond motifs is 3. The minimum Gasteiger partial charge on any atom is -0.502 e. The first-order chi connectivity index (χ1) is 21.5. The molecule has 13 heteroatoms. The zero-order valence-electron chi connectivity index (χ0n) is 25.3. The van der Waals surface area contributed by atoms with Gasteiger partial charge in [-0.2, -0.15) is 0 Å². The number of cyclic esters (lactones) is 1. The van der Waals surface area contributed by atoms with Crippen LogP contribution in [0, 0.1) is 11.8 Å². The van der Waals surface area contributed by atoms with Crippen LogP contribution in [0.3, 0.4) is 0 Å². The van der Waals surface area contributed by atoms with Crippen LogP contribution >= 0.6 is 0 Å². The van der Waals surface area contributed by atoms with Crippen molar-refractivity contribution in [2.75, 3.05) is 66.9 Å². The lowest BCUT2D eigenvalue weighted by Crippen LogP contribution is -2.47. The lowest BCUT2D eigenvalue weighted by atomic mass is 9.65. The molecule has 44 heavy (non-hydrogen) atoms. The summed E-state index contributed by atoms with van der Waals surface area (Å²) in [6.45, 7) is 4.78. The molecule has 0 saturated carbocycles. The van der Waals surface area contributed by atoms with E-state index in [2.05, 4.69) is 21.3 Å². The lowest BCUT2D eigenvalue weighted by Gasteiger charge is -2.39. The molecule has 5 rings (SSSR count). The van der Waals surface area contributed by atoms with Crippen molar-refractivity contribution in [1.29, 1.82) is 0 Å². The summed E-state index contributed by atoms with van der Waals surface area (Å²) in [7, 11) is 2.91. The molecule has 0 spiro atoms. The Balaban J connectivity index is 1.30. The smallest absolute Gasteiger partial charge is 0.315 e. The van der Waals surface area contributed by atoms with Gasteiger partial charge in [0.05, 0.1) is 32.8 Å². The van der Waals surface area contributed by atoms with E-state index >= 15 is 0 Å². The number of urea groups is 1. The largest absolute Gasteiger partial charge is 0.502 e. The number of nitrogens with two attached hydrogens (primary N) is 1. The summed E-state index contributed by atoms with van der Waals surface area (Å²) in [6.07, 6.45) is 3.09. The highest BCUT2D eigenvalue weighted by molar-refractivity contribution is 5.80. The number of methoxy groups -OCH3 is 2. The number of phenolic OH excluding ortho intramolecular Hbond substituents is 1. The number of esters is 1. The van der Waals surface area contributed by atoms with Gasteiger partial charge in [0.25, 0.3) is 0 Å². The molecular formula is C31H43N5O8. The molecule has 2 amide bonds. The predicted molar refractivity (Wildman–Crippen MR) is 161 cm³/mol. The number of phenols is 1. The maximum atomic E-state index is 13.3. The van der Waals surface area contributed by atoms with E-state index in [4.69, 9.17) is 29.4 Å². The Morgan fingerprint density at radius 3 is 2.20 bits per heavy atom. The van der Waals surface area contributed by atoms with Gasteiger partial charge < -0.3 is 55.8 Å². The van der Waals surface area contributed by atoms with Gasteiger partial charge >= 0.3 is 12.0 Å². The van der Waals surface area contributed by atoms with Gasteiger partial charge in [-0.3, -0.25) is 4.79 Å². The molecular weight excluding hydrogens is 570 g/mol. The molecule has 1 fully saturated rings. The molecule has 7 N–H and O–H groups in total. The molecule has 2 aliphatic heterocycles. The zero-order valence-corrected chi connectivity index (χ0v) is 25.3. The molecule has 2 aromatic rings. The Morgan fingerprint density at radius 1 is 0.909 bits per heavy atom. The molecule has 240 valence electrons. The third-order valence-electron chi connectivity index (χ3n) is 8.44. The van der Waals surface area contributed by atoms with E-state index in [1.165, 1.54) is 14.2 Å². The summed E-state index contributed by atoms with van der Waals surface area (Å²) in [4.78, 5) is 26.4. The number of rotatable bonds is 15. The fourth-order valence-corrected chi connectivity index (χ4v) is 6.27. The van der Waals surface area contributed by atoms with E-state index in [9.17, 15) is 14.7 Å². The first kappa shape index (κ1) is 31.5. The van der Waals surface area contributed by atoms with Crippen LogP contribution in [0.25, 0.3) is 0 Å². The van der Waals surface area contributed by atoms with E-state index in [0.717, 1.165) is 50.0 Å². The van der Waals surface area contributed by atoms with E-state index in [1.54, 1.807) is 12.1 Å². The van der Waals surface area contributed by atoms with Gasteiger partial charge in [-0.1, -0.05) is 0 Å². The molecule has 2 aromatic carbocycles. The van der Waals surface area contributed by atoms with Gasteiger partial charge in [0.1, 0.15) is 0 Å². The van der Waals surface area contributed by atoms with Gasteiger partial charge in [0.15, 0.2) is 23.0 Å². The number of ether oxygens (including phenoxy) is 5. The maximum absolute atomic E-state index is 13.3. The number of amides is 2. The minimum atomic E-state index is -0.612. The average molecular weight is 614 g/mol.